The minimum absolute atomic E-state index is 0.0580. The number of thioether (sulfide) groups is 1. The van der Waals surface area contributed by atoms with Crippen molar-refractivity contribution < 1.29 is 19.2 Å². The van der Waals surface area contributed by atoms with Gasteiger partial charge in [0.2, 0.25) is 5.76 Å². The van der Waals surface area contributed by atoms with Crippen LogP contribution in [0.4, 0.5) is 0 Å². The summed E-state index contributed by atoms with van der Waals surface area (Å²) in [6, 6.07) is 10.1. The second-order valence-electron chi connectivity index (χ2n) is 4.57. The molecule has 6 nitrogen and oxygen atoms in total. The Balaban J connectivity index is 1.83. The van der Waals surface area contributed by atoms with Crippen LogP contribution in [0.25, 0.3) is 11.3 Å². The first-order chi connectivity index (χ1) is 10.2. The second kappa shape index (κ2) is 5.61. The monoisotopic (exact) mass is 304 g/mol. The zero-order chi connectivity index (χ0) is 14.8. The fourth-order valence-electron chi connectivity index (χ4n) is 2.11. The molecule has 1 aromatic heterocycles. The van der Waals surface area contributed by atoms with E-state index in [4.69, 9.17) is 9.63 Å². The fraction of sp³-hybridized carbons (Fsp3) is 0.214. The van der Waals surface area contributed by atoms with Gasteiger partial charge in [0, 0.05) is 17.4 Å². The maximum absolute atomic E-state index is 12.3. The molecule has 1 amide bonds. The third-order valence-electron chi connectivity index (χ3n) is 3.22. The van der Waals surface area contributed by atoms with E-state index in [1.54, 1.807) is 6.07 Å². The molecule has 1 aromatic carbocycles. The Morgan fingerprint density at radius 3 is 2.81 bits per heavy atom. The zero-order valence-corrected chi connectivity index (χ0v) is 11.7. The topological polar surface area (TPSA) is 83.6 Å². The third-order valence-corrected chi connectivity index (χ3v) is 4.23. The number of amides is 1. The number of hydrogen-bond acceptors (Lipinski definition) is 5. The maximum atomic E-state index is 12.3. The number of carbonyl (C=O) groups is 2. The lowest BCUT2D eigenvalue weighted by molar-refractivity contribution is -0.140. The van der Waals surface area contributed by atoms with Gasteiger partial charge in [-0.1, -0.05) is 35.5 Å². The Kier molecular flexibility index (Phi) is 3.66. The number of carbonyl (C=O) groups excluding carboxylic acids is 1. The molecule has 2 heterocycles. The van der Waals surface area contributed by atoms with Gasteiger partial charge in [-0.05, 0) is 0 Å². The number of rotatable bonds is 3. The Labute approximate surface area is 124 Å². The van der Waals surface area contributed by atoms with Crippen LogP contribution in [-0.4, -0.2) is 44.7 Å². The molecule has 1 aliphatic heterocycles. The molecule has 7 heteroatoms. The summed E-state index contributed by atoms with van der Waals surface area (Å²) < 4.78 is 5.08. The Hall–Kier alpha value is -2.28. The van der Waals surface area contributed by atoms with Crippen molar-refractivity contribution in [3.8, 4) is 11.3 Å². The molecule has 1 saturated heterocycles. The molecule has 0 aliphatic carbocycles. The van der Waals surface area contributed by atoms with E-state index in [9.17, 15) is 9.59 Å². The van der Waals surface area contributed by atoms with E-state index in [1.807, 2.05) is 30.3 Å². The van der Waals surface area contributed by atoms with Crippen LogP contribution in [0.15, 0.2) is 40.9 Å². The summed E-state index contributed by atoms with van der Waals surface area (Å²) in [6.07, 6.45) is 0. The Morgan fingerprint density at radius 2 is 2.10 bits per heavy atom. The first kappa shape index (κ1) is 13.7. The maximum Gasteiger partial charge on any atom is 0.327 e. The molecule has 1 fully saturated rings. The van der Waals surface area contributed by atoms with Gasteiger partial charge in [0.1, 0.15) is 11.7 Å². The summed E-state index contributed by atoms with van der Waals surface area (Å²) in [5.41, 5.74) is 1.39. The normalized spacial score (nSPS) is 17.9. The minimum atomic E-state index is -1.00. The van der Waals surface area contributed by atoms with Gasteiger partial charge in [-0.15, -0.1) is 11.8 Å². The van der Waals surface area contributed by atoms with Crippen molar-refractivity contribution in [3.63, 3.8) is 0 Å². The van der Waals surface area contributed by atoms with Gasteiger partial charge < -0.3 is 14.5 Å². The van der Waals surface area contributed by atoms with E-state index < -0.39 is 17.9 Å². The van der Waals surface area contributed by atoms with Gasteiger partial charge in [0.05, 0.1) is 5.88 Å². The summed E-state index contributed by atoms with van der Waals surface area (Å²) in [4.78, 5) is 24.7. The number of hydrogen-bond donors (Lipinski definition) is 1. The molecular weight excluding hydrogens is 292 g/mol. The van der Waals surface area contributed by atoms with Crippen LogP contribution in [-0.2, 0) is 4.79 Å². The molecule has 1 atom stereocenters. The summed E-state index contributed by atoms with van der Waals surface area (Å²) in [5.74, 6) is -0.654. The molecule has 21 heavy (non-hydrogen) atoms. The van der Waals surface area contributed by atoms with Crippen LogP contribution in [0.3, 0.4) is 0 Å². The van der Waals surface area contributed by atoms with Crippen LogP contribution in [0.2, 0.25) is 0 Å². The van der Waals surface area contributed by atoms with Crippen molar-refractivity contribution in [2.75, 3.05) is 11.6 Å². The molecule has 0 saturated carbocycles. The Bertz CT molecular complexity index is 671. The van der Waals surface area contributed by atoms with Gasteiger partial charge >= 0.3 is 5.97 Å². The van der Waals surface area contributed by atoms with Crippen LogP contribution in [0.1, 0.15) is 10.6 Å². The first-order valence-corrected chi connectivity index (χ1v) is 7.46. The van der Waals surface area contributed by atoms with Crippen LogP contribution >= 0.6 is 11.8 Å². The van der Waals surface area contributed by atoms with E-state index in [2.05, 4.69) is 5.16 Å². The number of benzene rings is 1. The minimum Gasteiger partial charge on any atom is -0.480 e. The van der Waals surface area contributed by atoms with E-state index in [1.165, 1.54) is 16.7 Å². The van der Waals surface area contributed by atoms with Crippen molar-refractivity contribution in [1.82, 2.24) is 10.1 Å². The predicted molar refractivity (Wildman–Crippen MR) is 76.9 cm³/mol. The van der Waals surface area contributed by atoms with Crippen molar-refractivity contribution in [2.45, 2.75) is 6.04 Å². The van der Waals surface area contributed by atoms with Crippen molar-refractivity contribution >= 4 is 23.6 Å². The summed E-state index contributed by atoms with van der Waals surface area (Å²) in [7, 11) is 0. The van der Waals surface area contributed by atoms with Gasteiger partial charge in [-0.3, -0.25) is 4.79 Å². The molecule has 1 aliphatic rings. The Morgan fingerprint density at radius 1 is 1.33 bits per heavy atom. The predicted octanol–water partition coefficient (Wildman–Crippen LogP) is 1.94. The number of carboxylic acids is 1. The highest BCUT2D eigenvalue weighted by molar-refractivity contribution is 7.99. The number of aromatic nitrogens is 1. The quantitative estimate of drug-likeness (QED) is 0.933. The van der Waals surface area contributed by atoms with E-state index in [0.29, 0.717) is 17.3 Å². The molecule has 108 valence electrons. The molecule has 1 unspecified atom stereocenters. The highest BCUT2D eigenvalue weighted by Gasteiger charge is 2.36. The molecule has 2 aromatic rings. The van der Waals surface area contributed by atoms with E-state index in [0.717, 1.165) is 5.56 Å². The molecule has 0 radical (unpaired) electrons. The lowest BCUT2D eigenvalue weighted by Crippen LogP contribution is -2.41. The average molecular weight is 304 g/mol. The van der Waals surface area contributed by atoms with Crippen LogP contribution in [0.5, 0.6) is 0 Å². The third kappa shape index (κ3) is 2.64. The highest BCUT2D eigenvalue weighted by atomic mass is 32.2. The number of aliphatic carboxylic acids is 1. The average Bonchev–Trinajstić information content (AvgIpc) is 3.17. The van der Waals surface area contributed by atoms with E-state index >= 15 is 0 Å². The molecule has 1 N–H and O–H groups in total. The van der Waals surface area contributed by atoms with Crippen LogP contribution < -0.4 is 0 Å². The van der Waals surface area contributed by atoms with Gasteiger partial charge in [-0.2, -0.15) is 0 Å². The number of nitrogens with zero attached hydrogens (tertiary/aromatic N) is 2. The van der Waals surface area contributed by atoms with Gasteiger partial charge in [0.25, 0.3) is 5.91 Å². The second-order valence-corrected chi connectivity index (χ2v) is 5.57. The van der Waals surface area contributed by atoms with Crippen molar-refractivity contribution in [2.24, 2.45) is 0 Å². The standard InChI is InChI=1S/C14H12N2O4S/c17-13(16-8-21-7-11(16)14(18)19)12-6-10(15-20-12)9-4-2-1-3-5-9/h1-6,11H,7-8H2,(H,18,19). The van der Waals surface area contributed by atoms with Crippen molar-refractivity contribution in [1.29, 1.82) is 0 Å². The van der Waals surface area contributed by atoms with Gasteiger partial charge in [0.15, 0.2) is 0 Å². The van der Waals surface area contributed by atoms with Crippen LogP contribution in [0, 0.1) is 0 Å². The lowest BCUT2D eigenvalue weighted by Gasteiger charge is -2.18. The van der Waals surface area contributed by atoms with E-state index in [-0.39, 0.29) is 5.76 Å². The first-order valence-electron chi connectivity index (χ1n) is 6.30. The summed E-state index contributed by atoms with van der Waals surface area (Å²) in [6.45, 7) is 0. The molecule has 0 bridgehead atoms. The van der Waals surface area contributed by atoms with Gasteiger partial charge in [-0.25, -0.2) is 4.79 Å². The smallest absolute Gasteiger partial charge is 0.327 e. The summed E-state index contributed by atoms with van der Waals surface area (Å²) in [5, 5.41) is 13.0. The SMILES string of the molecule is O=C(O)C1CSCN1C(=O)c1cc(-c2ccccc2)no1. The molecule has 3 rings (SSSR count). The lowest BCUT2D eigenvalue weighted by atomic mass is 10.1. The fourth-order valence-corrected chi connectivity index (χ4v) is 3.25. The highest BCUT2D eigenvalue weighted by Crippen LogP contribution is 2.25. The summed E-state index contributed by atoms with van der Waals surface area (Å²) >= 11 is 1.41. The number of carboxylic acid groups (broad SMARTS) is 1. The van der Waals surface area contributed by atoms with Crippen molar-refractivity contribution in [3.05, 3.63) is 42.2 Å². The zero-order valence-electron chi connectivity index (χ0n) is 10.9. The molecular formula is C14H12N2O4S. The largest absolute Gasteiger partial charge is 0.480 e. The molecule has 0 spiro atoms.